The molecule has 0 radical (unpaired) electrons. The Balaban J connectivity index is 2.22. The molecule has 0 saturated carbocycles. The fourth-order valence-electron chi connectivity index (χ4n) is 1.74. The molecule has 2 aromatic rings. The van der Waals surface area contributed by atoms with E-state index < -0.39 is 0 Å². The zero-order valence-corrected chi connectivity index (χ0v) is 15.1. The highest BCUT2D eigenvalue weighted by atomic mass is 79.9. The molecule has 1 atom stereocenters. The van der Waals surface area contributed by atoms with Gasteiger partial charge in [-0.15, -0.1) is 11.6 Å². The third-order valence-corrected chi connectivity index (χ3v) is 5.04. The van der Waals surface area contributed by atoms with Gasteiger partial charge in [0.25, 0.3) is 0 Å². The molecule has 0 bridgehead atoms. The molecule has 0 spiro atoms. The molecule has 2 aromatic carbocycles. The van der Waals surface area contributed by atoms with Gasteiger partial charge in [0.1, 0.15) is 0 Å². The highest BCUT2D eigenvalue weighted by Gasteiger charge is 2.13. The first-order chi connectivity index (χ1) is 8.97. The largest absolute Gasteiger partial charge is 0.117 e. The molecule has 0 N–H and O–H groups in total. The molecular weight excluding hydrogens is 434 g/mol. The number of hydrogen-bond donors (Lipinski definition) is 0. The quantitative estimate of drug-likeness (QED) is 0.447. The van der Waals surface area contributed by atoms with E-state index in [1.54, 1.807) is 6.07 Å². The number of rotatable bonds is 3. The first-order valence-corrected chi connectivity index (χ1v) is 8.28. The summed E-state index contributed by atoms with van der Waals surface area (Å²) in [7, 11) is 0. The van der Waals surface area contributed by atoms with E-state index >= 15 is 0 Å². The Hall–Kier alpha value is 0.270. The molecule has 0 fully saturated rings. The van der Waals surface area contributed by atoms with Gasteiger partial charge in [0.2, 0.25) is 0 Å². The van der Waals surface area contributed by atoms with Crippen molar-refractivity contribution in [3.63, 3.8) is 0 Å². The van der Waals surface area contributed by atoms with Crippen LogP contribution < -0.4 is 0 Å². The molecule has 0 aromatic heterocycles. The van der Waals surface area contributed by atoms with Crippen LogP contribution in [-0.4, -0.2) is 0 Å². The van der Waals surface area contributed by atoms with E-state index in [9.17, 15) is 0 Å². The van der Waals surface area contributed by atoms with Crippen LogP contribution >= 0.6 is 66.7 Å². The van der Waals surface area contributed by atoms with Gasteiger partial charge in [-0.05, 0) is 47.9 Å². The van der Waals surface area contributed by atoms with Crippen molar-refractivity contribution in [1.82, 2.24) is 0 Å². The van der Waals surface area contributed by atoms with Crippen molar-refractivity contribution in [3.05, 3.63) is 66.5 Å². The first-order valence-electron chi connectivity index (χ1n) is 5.50. The van der Waals surface area contributed by atoms with Crippen LogP contribution in [0.25, 0.3) is 0 Å². The third kappa shape index (κ3) is 4.12. The maximum absolute atomic E-state index is 6.48. The monoisotopic (exact) mass is 440 g/mol. The van der Waals surface area contributed by atoms with Gasteiger partial charge in [-0.1, -0.05) is 61.1 Å². The van der Waals surface area contributed by atoms with E-state index in [0.717, 1.165) is 20.1 Å². The van der Waals surface area contributed by atoms with E-state index in [1.807, 2.05) is 30.3 Å². The topological polar surface area (TPSA) is 0 Å². The van der Waals surface area contributed by atoms with Crippen LogP contribution in [0.5, 0.6) is 0 Å². The van der Waals surface area contributed by atoms with Crippen molar-refractivity contribution in [2.45, 2.75) is 11.8 Å². The van der Waals surface area contributed by atoms with E-state index in [4.69, 9.17) is 34.8 Å². The molecule has 19 heavy (non-hydrogen) atoms. The molecule has 100 valence electrons. The summed E-state index contributed by atoms with van der Waals surface area (Å²) >= 11 is 25.4. The molecule has 0 amide bonds. The second-order valence-corrected chi connectivity index (χ2v) is 7.20. The van der Waals surface area contributed by atoms with Gasteiger partial charge in [0.15, 0.2) is 0 Å². The third-order valence-electron chi connectivity index (χ3n) is 2.69. The molecule has 0 aliphatic carbocycles. The second-order valence-electron chi connectivity index (χ2n) is 4.09. The molecular formula is C14H9Br2Cl3. The molecule has 2 rings (SSSR count). The normalized spacial score (nSPS) is 12.5. The second kappa shape index (κ2) is 6.82. The van der Waals surface area contributed by atoms with E-state index in [-0.39, 0.29) is 5.38 Å². The van der Waals surface area contributed by atoms with Crippen molar-refractivity contribution in [1.29, 1.82) is 0 Å². The zero-order valence-electron chi connectivity index (χ0n) is 9.64. The van der Waals surface area contributed by atoms with E-state index in [0.29, 0.717) is 16.5 Å². The van der Waals surface area contributed by atoms with Gasteiger partial charge >= 0.3 is 0 Å². The summed E-state index contributed by atoms with van der Waals surface area (Å²) in [4.78, 5) is 0. The van der Waals surface area contributed by atoms with Crippen LogP contribution in [0.1, 0.15) is 16.5 Å². The van der Waals surface area contributed by atoms with Crippen LogP contribution in [0.15, 0.2) is 45.3 Å². The Bertz CT molecular complexity index is 599. The lowest BCUT2D eigenvalue weighted by molar-refractivity contribution is 0.913. The molecule has 0 heterocycles. The number of alkyl halides is 1. The summed E-state index contributed by atoms with van der Waals surface area (Å²) in [6.45, 7) is 0. The maximum atomic E-state index is 6.48. The highest BCUT2D eigenvalue weighted by Crippen LogP contribution is 2.34. The van der Waals surface area contributed by atoms with Gasteiger partial charge < -0.3 is 0 Å². The molecule has 5 heteroatoms. The Labute approximate surface area is 144 Å². The van der Waals surface area contributed by atoms with Gasteiger partial charge in [-0.3, -0.25) is 0 Å². The lowest BCUT2D eigenvalue weighted by Crippen LogP contribution is -1.97. The average Bonchev–Trinajstić information content (AvgIpc) is 2.36. The first kappa shape index (κ1) is 15.7. The van der Waals surface area contributed by atoms with Crippen LogP contribution in [0, 0.1) is 0 Å². The van der Waals surface area contributed by atoms with Crippen molar-refractivity contribution in [3.8, 4) is 0 Å². The Morgan fingerprint density at radius 1 is 0.947 bits per heavy atom. The van der Waals surface area contributed by atoms with Crippen LogP contribution in [0.3, 0.4) is 0 Å². The summed E-state index contributed by atoms with van der Waals surface area (Å²) in [5.74, 6) is 0. The molecule has 0 aliphatic heterocycles. The Kier molecular flexibility index (Phi) is 5.62. The summed E-state index contributed by atoms with van der Waals surface area (Å²) in [6, 6.07) is 11.5. The minimum absolute atomic E-state index is 0.135. The molecule has 0 saturated heterocycles. The van der Waals surface area contributed by atoms with Gasteiger partial charge in [0, 0.05) is 8.95 Å². The van der Waals surface area contributed by atoms with Gasteiger partial charge in [0.05, 0.1) is 15.4 Å². The lowest BCUT2D eigenvalue weighted by atomic mass is 10.0. The highest BCUT2D eigenvalue weighted by molar-refractivity contribution is 9.11. The average molecular weight is 443 g/mol. The SMILES string of the molecule is Clc1ccc(CC(Cl)c2cc(Br)ccc2Br)cc1Cl. The Morgan fingerprint density at radius 3 is 2.37 bits per heavy atom. The standard InChI is InChI=1S/C14H9Br2Cl3/c15-9-2-3-11(16)10(7-9)13(18)5-8-1-4-12(17)14(19)6-8/h1-4,6-7,13H,5H2. The molecule has 0 nitrogen and oxygen atoms in total. The van der Waals surface area contributed by atoms with Gasteiger partial charge in [-0.2, -0.15) is 0 Å². The fourth-order valence-corrected chi connectivity index (χ4v) is 3.45. The molecule has 1 unspecified atom stereocenters. The summed E-state index contributed by atoms with van der Waals surface area (Å²) in [5, 5.41) is 0.973. The van der Waals surface area contributed by atoms with Crippen molar-refractivity contribution >= 4 is 66.7 Å². The zero-order chi connectivity index (χ0) is 14.0. The summed E-state index contributed by atoms with van der Waals surface area (Å²) in [5.41, 5.74) is 2.10. The smallest absolute Gasteiger partial charge is 0.0637 e. The minimum atomic E-state index is -0.135. The maximum Gasteiger partial charge on any atom is 0.0637 e. The van der Waals surface area contributed by atoms with Gasteiger partial charge in [-0.25, -0.2) is 0 Å². The number of hydrogen-bond acceptors (Lipinski definition) is 0. The fraction of sp³-hybridized carbons (Fsp3) is 0.143. The van der Waals surface area contributed by atoms with Crippen LogP contribution in [-0.2, 0) is 6.42 Å². The van der Waals surface area contributed by atoms with Crippen molar-refractivity contribution in [2.24, 2.45) is 0 Å². The van der Waals surface area contributed by atoms with Crippen LogP contribution in [0.2, 0.25) is 10.0 Å². The predicted octanol–water partition coefficient (Wildman–Crippen LogP) is 7.04. The summed E-state index contributed by atoms with van der Waals surface area (Å²) < 4.78 is 2.00. The van der Waals surface area contributed by atoms with Crippen LogP contribution in [0.4, 0.5) is 0 Å². The van der Waals surface area contributed by atoms with Crippen molar-refractivity contribution < 1.29 is 0 Å². The number of benzene rings is 2. The Morgan fingerprint density at radius 2 is 1.68 bits per heavy atom. The summed E-state index contributed by atoms with van der Waals surface area (Å²) in [6.07, 6.45) is 0.688. The molecule has 0 aliphatic rings. The lowest BCUT2D eigenvalue weighted by Gasteiger charge is -2.13. The van der Waals surface area contributed by atoms with Crippen molar-refractivity contribution in [2.75, 3.05) is 0 Å². The number of halogens is 5. The minimum Gasteiger partial charge on any atom is -0.117 e. The predicted molar refractivity (Wildman–Crippen MR) is 90.6 cm³/mol. The van der Waals surface area contributed by atoms with E-state index in [1.165, 1.54) is 0 Å². The van der Waals surface area contributed by atoms with E-state index in [2.05, 4.69) is 31.9 Å².